The number of nitrogens with one attached hydrogen (secondary N) is 1. The lowest BCUT2D eigenvalue weighted by atomic mass is 10.1. The van der Waals surface area contributed by atoms with Crippen LogP contribution in [0.3, 0.4) is 0 Å². The molecule has 0 bridgehead atoms. The number of para-hydroxylation sites is 2. The Balaban J connectivity index is 1.72. The molecule has 1 aromatic heterocycles. The van der Waals surface area contributed by atoms with E-state index in [1.54, 1.807) is 20.3 Å². The zero-order chi connectivity index (χ0) is 19.4. The molecule has 3 aromatic rings. The lowest BCUT2D eigenvalue weighted by molar-refractivity contribution is -0.113. The average Bonchev–Trinajstić information content (AvgIpc) is 3.05. The van der Waals surface area contributed by atoms with Crippen molar-refractivity contribution in [2.75, 3.05) is 25.3 Å². The minimum Gasteiger partial charge on any atom is -0.493 e. The molecule has 2 aromatic carbocycles. The maximum atomic E-state index is 12.5. The molecule has 6 nitrogen and oxygen atoms in total. The minimum absolute atomic E-state index is 0.0926. The van der Waals surface area contributed by atoms with Crippen LogP contribution in [0.25, 0.3) is 11.0 Å². The maximum absolute atomic E-state index is 12.5. The van der Waals surface area contributed by atoms with Crippen LogP contribution in [-0.4, -0.2) is 35.4 Å². The number of rotatable bonds is 7. The van der Waals surface area contributed by atoms with Gasteiger partial charge in [-0.15, -0.1) is 0 Å². The Morgan fingerprint density at radius 3 is 2.59 bits per heavy atom. The Bertz CT molecular complexity index is 969. The zero-order valence-electron chi connectivity index (χ0n) is 15.9. The first-order valence-corrected chi connectivity index (χ1v) is 9.66. The van der Waals surface area contributed by atoms with Crippen molar-refractivity contribution < 1.29 is 14.3 Å². The SMILES string of the molecule is CCn1c(SCC(=O)Nc2cc(OC)c(OC)cc2C)nc2ccccc21. The summed E-state index contributed by atoms with van der Waals surface area (Å²) in [5.41, 5.74) is 3.64. The summed E-state index contributed by atoms with van der Waals surface area (Å²) in [5.74, 6) is 1.40. The van der Waals surface area contributed by atoms with Crippen molar-refractivity contribution >= 4 is 34.4 Å². The number of methoxy groups -OCH3 is 2. The summed E-state index contributed by atoms with van der Waals surface area (Å²) >= 11 is 1.43. The molecule has 0 aliphatic rings. The third-order valence-corrected chi connectivity index (χ3v) is 5.25. The highest BCUT2D eigenvalue weighted by Gasteiger charge is 2.14. The van der Waals surface area contributed by atoms with Gasteiger partial charge in [-0.2, -0.15) is 0 Å². The molecular formula is C20H23N3O3S. The predicted octanol–water partition coefficient (Wildman–Crippen LogP) is 4.11. The quantitative estimate of drug-likeness (QED) is 0.620. The number of carbonyl (C=O) groups excluding carboxylic acids is 1. The number of imidazole rings is 1. The van der Waals surface area contributed by atoms with Gasteiger partial charge in [0.2, 0.25) is 5.91 Å². The van der Waals surface area contributed by atoms with Gasteiger partial charge < -0.3 is 19.4 Å². The van der Waals surface area contributed by atoms with Crippen LogP contribution < -0.4 is 14.8 Å². The Morgan fingerprint density at radius 2 is 1.89 bits per heavy atom. The third kappa shape index (κ3) is 4.03. The number of anilines is 1. The monoisotopic (exact) mass is 385 g/mol. The highest BCUT2D eigenvalue weighted by Crippen LogP contribution is 2.33. The van der Waals surface area contributed by atoms with Gasteiger partial charge in [0.05, 0.1) is 31.0 Å². The minimum atomic E-state index is -0.0926. The molecular weight excluding hydrogens is 362 g/mol. The number of carbonyl (C=O) groups is 1. The van der Waals surface area contributed by atoms with Gasteiger partial charge in [0.1, 0.15) is 0 Å². The number of amides is 1. The van der Waals surface area contributed by atoms with E-state index in [2.05, 4.69) is 21.8 Å². The smallest absolute Gasteiger partial charge is 0.234 e. The number of fused-ring (bicyclic) bond motifs is 1. The van der Waals surface area contributed by atoms with E-state index in [4.69, 9.17) is 9.47 Å². The summed E-state index contributed by atoms with van der Waals surface area (Å²) in [4.78, 5) is 17.1. The summed E-state index contributed by atoms with van der Waals surface area (Å²) in [6.07, 6.45) is 0. The highest BCUT2D eigenvalue weighted by molar-refractivity contribution is 7.99. The molecule has 3 rings (SSSR count). The second-order valence-corrected chi connectivity index (χ2v) is 6.93. The fourth-order valence-corrected chi connectivity index (χ4v) is 3.78. The van der Waals surface area contributed by atoms with Gasteiger partial charge in [0.15, 0.2) is 16.7 Å². The van der Waals surface area contributed by atoms with E-state index < -0.39 is 0 Å². The number of aromatic nitrogens is 2. The standard InChI is InChI=1S/C20H23N3O3S/c1-5-23-16-9-7-6-8-14(16)22-20(23)27-12-19(24)21-15-11-18(26-4)17(25-3)10-13(15)2/h6-11H,5,12H2,1-4H3,(H,21,24). The van der Waals surface area contributed by atoms with E-state index in [9.17, 15) is 4.79 Å². The first-order chi connectivity index (χ1) is 13.1. The molecule has 0 aliphatic heterocycles. The van der Waals surface area contributed by atoms with E-state index >= 15 is 0 Å². The van der Waals surface area contributed by atoms with E-state index in [-0.39, 0.29) is 11.7 Å². The molecule has 1 heterocycles. The summed E-state index contributed by atoms with van der Waals surface area (Å²) in [7, 11) is 3.16. The molecule has 0 spiro atoms. The second kappa shape index (κ2) is 8.35. The highest BCUT2D eigenvalue weighted by atomic mass is 32.2. The first-order valence-electron chi connectivity index (χ1n) is 8.68. The Labute approximate surface area is 162 Å². The number of hydrogen-bond donors (Lipinski definition) is 1. The molecule has 0 atom stereocenters. The van der Waals surface area contributed by atoms with Crippen molar-refractivity contribution in [3.63, 3.8) is 0 Å². The van der Waals surface area contributed by atoms with Crippen LogP contribution in [0.15, 0.2) is 41.6 Å². The van der Waals surface area contributed by atoms with E-state index in [0.717, 1.165) is 28.3 Å². The Morgan fingerprint density at radius 1 is 1.19 bits per heavy atom. The van der Waals surface area contributed by atoms with Crippen LogP contribution in [0.1, 0.15) is 12.5 Å². The van der Waals surface area contributed by atoms with Gasteiger partial charge in [-0.3, -0.25) is 4.79 Å². The Kier molecular flexibility index (Phi) is 5.91. The molecule has 7 heteroatoms. The molecule has 0 aliphatic carbocycles. The van der Waals surface area contributed by atoms with Crippen LogP contribution in [0.2, 0.25) is 0 Å². The molecule has 1 amide bonds. The fraction of sp³-hybridized carbons (Fsp3) is 0.300. The molecule has 142 valence electrons. The summed E-state index contributed by atoms with van der Waals surface area (Å²) < 4.78 is 12.7. The van der Waals surface area contributed by atoms with Crippen LogP contribution in [0.4, 0.5) is 5.69 Å². The van der Waals surface area contributed by atoms with Crippen molar-refractivity contribution in [2.45, 2.75) is 25.5 Å². The molecule has 0 radical (unpaired) electrons. The number of benzene rings is 2. The van der Waals surface area contributed by atoms with Gasteiger partial charge in [0.25, 0.3) is 0 Å². The van der Waals surface area contributed by atoms with Crippen LogP contribution in [0.5, 0.6) is 11.5 Å². The van der Waals surface area contributed by atoms with Crippen molar-refractivity contribution in [2.24, 2.45) is 0 Å². The molecule has 0 unspecified atom stereocenters. The molecule has 27 heavy (non-hydrogen) atoms. The van der Waals surface area contributed by atoms with E-state index in [1.807, 2.05) is 37.3 Å². The maximum Gasteiger partial charge on any atom is 0.234 e. The fourth-order valence-electron chi connectivity index (χ4n) is 2.90. The number of ether oxygens (including phenoxy) is 2. The molecule has 1 N–H and O–H groups in total. The summed E-state index contributed by atoms with van der Waals surface area (Å²) in [6.45, 7) is 4.80. The normalized spacial score (nSPS) is 10.8. The molecule has 0 saturated carbocycles. The van der Waals surface area contributed by atoms with Gasteiger partial charge >= 0.3 is 0 Å². The molecule has 0 saturated heterocycles. The van der Waals surface area contributed by atoms with Crippen molar-refractivity contribution in [1.82, 2.24) is 9.55 Å². The van der Waals surface area contributed by atoms with Crippen molar-refractivity contribution in [3.05, 3.63) is 42.0 Å². The number of nitrogens with zero attached hydrogens (tertiary/aromatic N) is 2. The average molecular weight is 385 g/mol. The van der Waals surface area contributed by atoms with Gasteiger partial charge in [-0.25, -0.2) is 4.98 Å². The largest absolute Gasteiger partial charge is 0.493 e. The number of hydrogen-bond acceptors (Lipinski definition) is 5. The first kappa shape index (κ1) is 19.1. The van der Waals surface area contributed by atoms with Crippen molar-refractivity contribution in [1.29, 1.82) is 0 Å². The van der Waals surface area contributed by atoms with Crippen molar-refractivity contribution in [3.8, 4) is 11.5 Å². The number of aryl methyl sites for hydroxylation is 2. The van der Waals surface area contributed by atoms with E-state index in [1.165, 1.54) is 11.8 Å². The predicted molar refractivity (Wildman–Crippen MR) is 109 cm³/mol. The van der Waals surface area contributed by atoms with Crippen LogP contribution in [0, 0.1) is 6.92 Å². The second-order valence-electron chi connectivity index (χ2n) is 5.99. The van der Waals surface area contributed by atoms with Gasteiger partial charge in [-0.1, -0.05) is 23.9 Å². The topological polar surface area (TPSA) is 65.4 Å². The lowest BCUT2D eigenvalue weighted by Gasteiger charge is -2.13. The van der Waals surface area contributed by atoms with Gasteiger partial charge in [0, 0.05) is 18.3 Å². The van der Waals surface area contributed by atoms with Crippen LogP contribution >= 0.6 is 11.8 Å². The Hall–Kier alpha value is -2.67. The van der Waals surface area contributed by atoms with E-state index in [0.29, 0.717) is 17.2 Å². The van der Waals surface area contributed by atoms with Crippen LogP contribution in [-0.2, 0) is 11.3 Å². The summed E-state index contributed by atoms with van der Waals surface area (Å²) in [6, 6.07) is 11.6. The zero-order valence-corrected chi connectivity index (χ0v) is 16.7. The third-order valence-electron chi connectivity index (χ3n) is 4.27. The summed E-state index contributed by atoms with van der Waals surface area (Å²) in [5, 5.41) is 3.79. The molecule has 0 fully saturated rings. The van der Waals surface area contributed by atoms with Gasteiger partial charge in [-0.05, 0) is 37.6 Å². The number of thioether (sulfide) groups is 1. The lowest BCUT2D eigenvalue weighted by Crippen LogP contribution is -2.15.